The van der Waals surface area contributed by atoms with Crippen LogP contribution in [0.15, 0.2) is 158 Å². The number of ether oxygens (including phenoxy) is 6. The molecule has 0 aliphatic rings. The van der Waals surface area contributed by atoms with Gasteiger partial charge in [0, 0.05) is 11.1 Å². The highest BCUT2D eigenvalue weighted by Crippen LogP contribution is 2.30. The van der Waals surface area contributed by atoms with Gasteiger partial charge in [0.25, 0.3) is 11.8 Å². The minimum atomic E-state index is -0.203. The van der Waals surface area contributed by atoms with Gasteiger partial charge in [-0.15, -0.1) is 0 Å². The summed E-state index contributed by atoms with van der Waals surface area (Å²) in [6, 6.07) is 50.9. The molecule has 0 saturated carbocycles. The molecule has 8 aromatic carbocycles. The summed E-state index contributed by atoms with van der Waals surface area (Å²) < 4.78 is 34.6. The van der Waals surface area contributed by atoms with Crippen molar-refractivity contribution in [1.29, 1.82) is 0 Å². The Labute approximate surface area is 360 Å². The number of para-hydroxylation sites is 4. The predicted molar refractivity (Wildman–Crippen MR) is 246 cm³/mol. The van der Waals surface area contributed by atoms with Crippen molar-refractivity contribution < 1.29 is 38.0 Å². The van der Waals surface area contributed by atoms with Crippen LogP contribution in [0.3, 0.4) is 0 Å². The van der Waals surface area contributed by atoms with Gasteiger partial charge in [-0.1, -0.05) is 97.1 Å². The van der Waals surface area contributed by atoms with E-state index in [9.17, 15) is 9.59 Å². The molecular formula is C52H48N2O8. The van der Waals surface area contributed by atoms with Crippen molar-refractivity contribution in [3.63, 3.8) is 0 Å². The number of carbonyl (C=O) groups excluding carboxylic acids is 2. The van der Waals surface area contributed by atoms with Gasteiger partial charge in [0.1, 0.15) is 24.7 Å². The van der Waals surface area contributed by atoms with Crippen LogP contribution in [0.4, 0.5) is 11.4 Å². The summed E-state index contributed by atoms with van der Waals surface area (Å²) >= 11 is 0. The molecule has 2 amide bonds. The molecule has 0 aromatic heterocycles. The van der Waals surface area contributed by atoms with Gasteiger partial charge in [-0.3, -0.25) is 9.59 Å². The number of amides is 2. The molecule has 0 fully saturated rings. The Balaban J connectivity index is 0.668. The normalized spacial score (nSPS) is 11.3. The van der Waals surface area contributed by atoms with Crippen LogP contribution in [0.5, 0.6) is 11.5 Å². The van der Waals surface area contributed by atoms with E-state index >= 15 is 0 Å². The summed E-state index contributed by atoms with van der Waals surface area (Å²) in [4.78, 5) is 26.9. The lowest BCUT2D eigenvalue weighted by molar-refractivity contribution is -0.00695. The van der Waals surface area contributed by atoms with E-state index in [4.69, 9.17) is 28.4 Å². The molecule has 2 N–H and O–H groups in total. The van der Waals surface area contributed by atoms with Gasteiger partial charge >= 0.3 is 0 Å². The highest BCUT2D eigenvalue weighted by Gasteiger charge is 2.15. The summed E-state index contributed by atoms with van der Waals surface area (Å²) in [6.45, 7) is 3.88. The van der Waals surface area contributed by atoms with Gasteiger partial charge < -0.3 is 39.1 Å². The van der Waals surface area contributed by atoms with Crippen LogP contribution in [0.2, 0.25) is 0 Å². The first kappa shape index (κ1) is 41.9. The van der Waals surface area contributed by atoms with Crippen molar-refractivity contribution in [3.05, 3.63) is 169 Å². The van der Waals surface area contributed by atoms with Crippen LogP contribution in [-0.2, 0) is 18.9 Å². The maximum atomic E-state index is 13.5. The molecule has 8 rings (SSSR count). The van der Waals surface area contributed by atoms with Crippen molar-refractivity contribution in [2.75, 3.05) is 76.7 Å². The maximum absolute atomic E-state index is 13.5. The zero-order valence-electron chi connectivity index (χ0n) is 34.3. The zero-order valence-corrected chi connectivity index (χ0v) is 34.3. The fraction of sp³-hybridized carbons (Fsp3) is 0.192. The molecule has 62 heavy (non-hydrogen) atoms. The Morgan fingerprint density at radius 1 is 0.339 bits per heavy atom. The van der Waals surface area contributed by atoms with E-state index in [2.05, 4.69) is 59.2 Å². The molecule has 10 heteroatoms. The van der Waals surface area contributed by atoms with E-state index < -0.39 is 0 Å². The summed E-state index contributed by atoms with van der Waals surface area (Å²) in [6.07, 6.45) is 0. The molecule has 0 heterocycles. The Kier molecular flexibility index (Phi) is 14.3. The quantitative estimate of drug-likeness (QED) is 0.0544. The minimum Gasteiger partial charge on any atom is -0.489 e. The molecule has 0 unspecified atom stereocenters. The van der Waals surface area contributed by atoms with Gasteiger partial charge in [0.2, 0.25) is 0 Å². The van der Waals surface area contributed by atoms with Gasteiger partial charge in [0.15, 0.2) is 0 Å². The molecule has 8 aromatic rings. The molecule has 0 aliphatic heterocycles. The second kappa shape index (κ2) is 21.1. The number of hydrogen-bond donors (Lipinski definition) is 2. The third-order valence-corrected chi connectivity index (χ3v) is 10.3. The Hall–Kier alpha value is -6.82. The molecule has 0 aliphatic carbocycles. The second-order valence-corrected chi connectivity index (χ2v) is 14.5. The number of rotatable bonds is 21. The average Bonchev–Trinajstić information content (AvgIpc) is 3.30. The largest absolute Gasteiger partial charge is 0.489 e. The third kappa shape index (κ3) is 10.7. The Morgan fingerprint density at radius 3 is 1.06 bits per heavy atom. The zero-order chi connectivity index (χ0) is 42.4. The SMILES string of the molecule is O=C(Nc1ccccc1OCCOCCOCCOCCOCCOc1ccccc1NC(=O)c1cccc2cc3ccccc3cc12)c1cccc2cc3ccccc3cc12. The first-order valence-corrected chi connectivity index (χ1v) is 20.8. The number of hydrogen-bond acceptors (Lipinski definition) is 8. The molecule has 10 nitrogen and oxygen atoms in total. The highest BCUT2D eigenvalue weighted by atomic mass is 16.6. The van der Waals surface area contributed by atoms with E-state index in [1.165, 1.54) is 0 Å². The summed E-state index contributed by atoms with van der Waals surface area (Å²) in [5.74, 6) is 0.730. The highest BCUT2D eigenvalue weighted by molar-refractivity contribution is 6.16. The fourth-order valence-corrected chi connectivity index (χ4v) is 7.28. The van der Waals surface area contributed by atoms with Crippen LogP contribution in [0, 0.1) is 0 Å². The van der Waals surface area contributed by atoms with Gasteiger partial charge in [-0.2, -0.15) is 0 Å². The van der Waals surface area contributed by atoms with Gasteiger partial charge in [0.05, 0.1) is 64.2 Å². The Morgan fingerprint density at radius 2 is 0.661 bits per heavy atom. The molecule has 0 bridgehead atoms. The van der Waals surface area contributed by atoms with Crippen LogP contribution in [0.25, 0.3) is 43.1 Å². The monoisotopic (exact) mass is 828 g/mol. The van der Waals surface area contributed by atoms with Gasteiger partial charge in [-0.05, 0) is 104 Å². The van der Waals surface area contributed by atoms with Crippen molar-refractivity contribution in [1.82, 2.24) is 0 Å². The van der Waals surface area contributed by atoms with E-state index in [0.717, 1.165) is 43.1 Å². The van der Waals surface area contributed by atoms with Crippen LogP contribution >= 0.6 is 0 Å². The van der Waals surface area contributed by atoms with Crippen molar-refractivity contribution in [3.8, 4) is 11.5 Å². The first-order chi connectivity index (χ1) is 30.6. The predicted octanol–water partition coefficient (Wildman–Crippen LogP) is 10.3. The lowest BCUT2D eigenvalue weighted by atomic mass is 9.99. The van der Waals surface area contributed by atoms with Crippen LogP contribution < -0.4 is 20.1 Å². The molecular weight excluding hydrogens is 781 g/mol. The molecule has 0 spiro atoms. The number of nitrogens with one attached hydrogen (secondary N) is 2. The molecule has 0 radical (unpaired) electrons. The van der Waals surface area contributed by atoms with Gasteiger partial charge in [-0.25, -0.2) is 0 Å². The lowest BCUT2D eigenvalue weighted by Gasteiger charge is -2.14. The van der Waals surface area contributed by atoms with Crippen LogP contribution in [-0.4, -0.2) is 77.9 Å². The standard InChI is InChI=1S/C52H48N2O8/c55-51(43-17-9-15-41-33-37-11-1-3-13-39(37)35-45(41)43)53-47-19-5-7-21-49(47)61-31-29-59-27-25-57-23-24-58-26-28-60-30-32-62-50-22-8-6-20-48(50)54-52(56)44-18-10-16-42-34-38-12-2-4-14-40(38)36-46(42)44/h1-22,33-36H,23-32H2,(H,53,55)(H,54,56). The van der Waals surface area contributed by atoms with E-state index in [0.29, 0.717) is 100 Å². The first-order valence-electron chi connectivity index (χ1n) is 20.8. The Bertz CT molecular complexity index is 2600. The molecule has 0 saturated heterocycles. The third-order valence-electron chi connectivity index (χ3n) is 10.3. The smallest absolute Gasteiger partial charge is 0.256 e. The number of carbonyl (C=O) groups is 2. The molecule has 0 atom stereocenters. The summed E-state index contributed by atoms with van der Waals surface area (Å²) in [5.41, 5.74) is 2.38. The maximum Gasteiger partial charge on any atom is 0.256 e. The number of fused-ring (bicyclic) bond motifs is 4. The number of anilines is 2. The van der Waals surface area contributed by atoms with Crippen LogP contribution in [0.1, 0.15) is 20.7 Å². The topological polar surface area (TPSA) is 114 Å². The average molecular weight is 829 g/mol. The number of benzene rings is 8. The van der Waals surface area contributed by atoms with E-state index in [-0.39, 0.29) is 11.8 Å². The minimum absolute atomic E-state index is 0.203. The fourth-order valence-electron chi connectivity index (χ4n) is 7.28. The summed E-state index contributed by atoms with van der Waals surface area (Å²) in [5, 5.41) is 14.3. The van der Waals surface area contributed by atoms with Crippen molar-refractivity contribution in [2.24, 2.45) is 0 Å². The summed E-state index contributed by atoms with van der Waals surface area (Å²) in [7, 11) is 0. The van der Waals surface area contributed by atoms with E-state index in [1.54, 1.807) is 0 Å². The van der Waals surface area contributed by atoms with Crippen molar-refractivity contribution in [2.45, 2.75) is 0 Å². The van der Waals surface area contributed by atoms with E-state index in [1.807, 2.05) is 109 Å². The lowest BCUT2D eigenvalue weighted by Crippen LogP contribution is -2.16. The molecule has 314 valence electrons. The second-order valence-electron chi connectivity index (χ2n) is 14.5. The van der Waals surface area contributed by atoms with Crippen molar-refractivity contribution >= 4 is 66.3 Å².